The van der Waals surface area contributed by atoms with Gasteiger partial charge < -0.3 is 5.73 Å². The Bertz CT molecular complexity index is 494. The number of nitrogen functional groups attached to an aromatic ring is 1. The van der Waals surface area contributed by atoms with Crippen LogP contribution in [0.15, 0.2) is 27.4 Å². The molecule has 0 bridgehead atoms. The summed E-state index contributed by atoms with van der Waals surface area (Å²) in [5.74, 6) is 0.902. The predicted octanol–water partition coefficient (Wildman–Crippen LogP) is 3.14. The van der Waals surface area contributed by atoms with Gasteiger partial charge in [-0.3, -0.25) is 0 Å². The van der Waals surface area contributed by atoms with Crippen molar-refractivity contribution in [2.45, 2.75) is 29.5 Å². The van der Waals surface area contributed by atoms with E-state index in [-0.39, 0.29) is 0 Å². The quantitative estimate of drug-likeness (QED) is 0.851. The van der Waals surface area contributed by atoms with Gasteiger partial charge in [-0.25, -0.2) is 4.98 Å². The normalized spacial score (nSPS) is 10.6. The van der Waals surface area contributed by atoms with Crippen LogP contribution in [0.5, 0.6) is 0 Å². The Kier molecular flexibility index (Phi) is 3.46. The average Bonchev–Trinajstić information content (AvgIpc) is 2.73. The van der Waals surface area contributed by atoms with E-state index >= 15 is 0 Å². The molecule has 1 aromatic carbocycles. The molecule has 0 aliphatic carbocycles. The van der Waals surface area contributed by atoms with Crippen LogP contribution < -0.4 is 5.73 Å². The van der Waals surface area contributed by atoms with Crippen molar-refractivity contribution in [3.05, 3.63) is 29.6 Å². The average molecular weight is 251 g/mol. The minimum absolute atomic E-state index is 0.834. The molecule has 5 heteroatoms. The number of nitrogens with zero attached hydrogens (tertiary/aromatic N) is 2. The smallest absolute Gasteiger partial charge is 0.174 e. The summed E-state index contributed by atoms with van der Waals surface area (Å²) in [4.78, 5) is 5.46. The van der Waals surface area contributed by atoms with E-state index in [0.717, 1.165) is 32.7 Å². The highest BCUT2D eigenvalue weighted by molar-refractivity contribution is 8.01. The summed E-state index contributed by atoms with van der Waals surface area (Å²) in [6.07, 6.45) is 0.875. The predicted molar refractivity (Wildman–Crippen MR) is 69.0 cm³/mol. The van der Waals surface area contributed by atoms with Gasteiger partial charge in [-0.05, 0) is 30.1 Å². The molecule has 0 amide bonds. The molecule has 1 aromatic heterocycles. The van der Waals surface area contributed by atoms with Crippen molar-refractivity contribution in [2.24, 2.45) is 0 Å². The lowest BCUT2D eigenvalue weighted by Crippen LogP contribution is -1.91. The van der Waals surface area contributed by atoms with Gasteiger partial charge in [0.05, 0.1) is 0 Å². The lowest BCUT2D eigenvalue weighted by molar-refractivity contribution is 0.971. The van der Waals surface area contributed by atoms with Crippen LogP contribution >= 0.6 is 23.3 Å². The fraction of sp³-hybridized carbons (Fsp3) is 0.273. The lowest BCUT2D eigenvalue weighted by Gasteiger charge is -2.04. The number of aryl methyl sites for hydroxylation is 2. The molecule has 2 aromatic rings. The molecule has 0 unspecified atom stereocenters. The van der Waals surface area contributed by atoms with Gasteiger partial charge in [0.25, 0.3) is 0 Å². The Hall–Kier alpha value is -1.07. The summed E-state index contributed by atoms with van der Waals surface area (Å²) in [5, 5.41) is 0. The summed E-state index contributed by atoms with van der Waals surface area (Å²) in [6.45, 7) is 4.06. The molecule has 0 saturated heterocycles. The van der Waals surface area contributed by atoms with Gasteiger partial charge in [-0.2, -0.15) is 4.37 Å². The Morgan fingerprint density at radius 3 is 2.94 bits per heavy atom. The third-order valence-electron chi connectivity index (χ3n) is 2.25. The SMILES string of the molecule is CCc1nsc(Sc2cccc(C)c2N)n1. The molecule has 0 spiro atoms. The molecular formula is C11H13N3S2. The molecule has 0 fully saturated rings. The van der Waals surface area contributed by atoms with Crippen LogP contribution in [0.1, 0.15) is 18.3 Å². The Balaban J connectivity index is 2.23. The van der Waals surface area contributed by atoms with Gasteiger partial charge >= 0.3 is 0 Å². The number of rotatable bonds is 3. The van der Waals surface area contributed by atoms with Crippen LogP contribution in [0.2, 0.25) is 0 Å². The Labute approximate surface area is 103 Å². The highest BCUT2D eigenvalue weighted by Gasteiger charge is 2.07. The third-order valence-corrected chi connectivity index (χ3v) is 4.11. The van der Waals surface area contributed by atoms with Gasteiger partial charge in [0.2, 0.25) is 0 Å². The molecule has 0 atom stereocenters. The van der Waals surface area contributed by atoms with Crippen LogP contribution in [0.3, 0.4) is 0 Å². The highest BCUT2D eigenvalue weighted by atomic mass is 32.2. The molecule has 3 nitrogen and oxygen atoms in total. The lowest BCUT2D eigenvalue weighted by atomic mass is 10.2. The first-order chi connectivity index (χ1) is 7.70. The zero-order valence-corrected chi connectivity index (χ0v) is 10.9. The molecule has 2 rings (SSSR count). The van der Waals surface area contributed by atoms with Crippen molar-refractivity contribution in [2.75, 3.05) is 5.73 Å². The number of hydrogen-bond acceptors (Lipinski definition) is 5. The summed E-state index contributed by atoms with van der Waals surface area (Å²) < 4.78 is 5.20. The summed E-state index contributed by atoms with van der Waals surface area (Å²) in [5.41, 5.74) is 7.94. The topological polar surface area (TPSA) is 51.8 Å². The number of nitrogens with two attached hydrogens (primary N) is 1. The van der Waals surface area contributed by atoms with E-state index in [0.29, 0.717) is 0 Å². The first-order valence-corrected chi connectivity index (χ1v) is 6.65. The fourth-order valence-corrected chi connectivity index (χ4v) is 3.05. The van der Waals surface area contributed by atoms with Crippen molar-refractivity contribution in [3.63, 3.8) is 0 Å². The largest absolute Gasteiger partial charge is 0.398 e. The number of aromatic nitrogens is 2. The fourth-order valence-electron chi connectivity index (χ4n) is 1.26. The number of hydrogen-bond donors (Lipinski definition) is 1. The van der Waals surface area contributed by atoms with Crippen LogP contribution in [0.4, 0.5) is 5.69 Å². The van der Waals surface area contributed by atoms with Crippen molar-refractivity contribution < 1.29 is 0 Å². The van der Waals surface area contributed by atoms with Crippen molar-refractivity contribution in [3.8, 4) is 0 Å². The molecule has 0 aliphatic rings. The van der Waals surface area contributed by atoms with E-state index in [1.807, 2.05) is 25.1 Å². The molecular weight excluding hydrogens is 238 g/mol. The first-order valence-electron chi connectivity index (χ1n) is 5.06. The molecule has 2 N–H and O–H groups in total. The van der Waals surface area contributed by atoms with Crippen LogP contribution in [0, 0.1) is 6.92 Å². The van der Waals surface area contributed by atoms with Gasteiger partial charge in [0.15, 0.2) is 4.34 Å². The Morgan fingerprint density at radius 2 is 2.25 bits per heavy atom. The summed E-state index contributed by atoms with van der Waals surface area (Å²) in [7, 11) is 0. The van der Waals surface area contributed by atoms with E-state index in [9.17, 15) is 0 Å². The molecule has 16 heavy (non-hydrogen) atoms. The van der Waals surface area contributed by atoms with E-state index < -0.39 is 0 Å². The van der Waals surface area contributed by atoms with E-state index in [2.05, 4.69) is 16.3 Å². The molecule has 0 aliphatic heterocycles. The summed E-state index contributed by atoms with van der Waals surface area (Å²) in [6, 6.07) is 6.03. The Morgan fingerprint density at radius 1 is 1.44 bits per heavy atom. The van der Waals surface area contributed by atoms with Crippen LogP contribution in [-0.2, 0) is 6.42 Å². The van der Waals surface area contributed by atoms with E-state index in [1.165, 1.54) is 11.5 Å². The number of benzene rings is 1. The standard InChI is InChI=1S/C11H13N3S2/c1-3-9-13-11(16-14-9)15-8-6-4-5-7(2)10(8)12/h4-6H,3,12H2,1-2H3. The molecule has 0 saturated carbocycles. The van der Waals surface area contributed by atoms with Crippen molar-refractivity contribution in [1.82, 2.24) is 9.36 Å². The van der Waals surface area contributed by atoms with Gasteiger partial charge in [-0.15, -0.1) is 0 Å². The second kappa shape index (κ2) is 4.84. The molecule has 1 heterocycles. The maximum Gasteiger partial charge on any atom is 0.174 e. The summed E-state index contributed by atoms with van der Waals surface area (Å²) >= 11 is 3.01. The number of para-hydroxylation sites is 1. The highest BCUT2D eigenvalue weighted by Crippen LogP contribution is 2.34. The second-order valence-electron chi connectivity index (χ2n) is 3.42. The van der Waals surface area contributed by atoms with E-state index in [1.54, 1.807) is 11.8 Å². The van der Waals surface area contributed by atoms with Gasteiger partial charge in [0.1, 0.15) is 5.82 Å². The zero-order chi connectivity index (χ0) is 11.5. The van der Waals surface area contributed by atoms with Crippen molar-refractivity contribution >= 4 is 29.0 Å². The third kappa shape index (κ3) is 2.36. The number of anilines is 1. The minimum Gasteiger partial charge on any atom is -0.398 e. The maximum atomic E-state index is 6.01. The molecule has 84 valence electrons. The van der Waals surface area contributed by atoms with Crippen LogP contribution in [0.25, 0.3) is 0 Å². The van der Waals surface area contributed by atoms with Gasteiger partial charge in [0, 0.05) is 17.0 Å². The second-order valence-corrected chi connectivity index (χ2v) is 5.46. The van der Waals surface area contributed by atoms with Gasteiger partial charge in [-0.1, -0.05) is 30.8 Å². The minimum atomic E-state index is 0.834. The first kappa shape index (κ1) is 11.4. The monoisotopic (exact) mass is 251 g/mol. The maximum absolute atomic E-state index is 6.01. The molecule has 0 radical (unpaired) electrons. The van der Waals surface area contributed by atoms with Crippen molar-refractivity contribution in [1.29, 1.82) is 0 Å². The van der Waals surface area contributed by atoms with E-state index in [4.69, 9.17) is 5.73 Å². The van der Waals surface area contributed by atoms with Crippen LogP contribution in [-0.4, -0.2) is 9.36 Å². The zero-order valence-electron chi connectivity index (χ0n) is 9.23.